The van der Waals surface area contributed by atoms with Crippen molar-refractivity contribution in [1.82, 2.24) is 0 Å². The number of hydrogen-bond donors (Lipinski definition) is 0. The Bertz CT molecular complexity index is 382. The first kappa shape index (κ1) is 28.0. The van der Waals surface area contributed by atoms with E-state index >= 15 is 0 Å². The Morgan fingerprint density at radius 1 is 0.600 bits per heavy atom. The molecule has 0 aliphatic carbocycles. The molecule has 25 heavy (non-hydrogen) atoms. The maximum atomic E-state index is 6.29. The predicted molar refractivity (Wildman–Crippen MR) is 129 cm³/mol. The minimum Gasteiger partial charge on any atom is -0.418 e. The fourth-order valence-corrected chi connectivity index (χ4v) is 10.2. The van der Waals surface area contributed by atoms with Crippen LogP contribution in [-0.4, -0.2) is 44.1 Å². The third-order valence-corrected chi connectivity index (χ3v) is 12.9. The summed E-state index contributed by atoms with van der Waals surface area (Å²) in [6.45, 7) is 37.0. The Morgan fingerprint density at radius 2 is 0.960 bits per heavy atom. The van der Waals surface area contributed by atoms with Gasteiger partial charge in [0.1, 0.15) is 0 Å². The van der Waals surface area contributed by atoms with Crippen LogP contribution in [0.15, 0.2) is 0 Å². The molecule has 0 radical (unpaired) electrons. The summed E-state index contributed by atoms with van der Waals surface area (Å²) in [6, 6.07) is 0. The Hall–Kier alpha value is 0.788. The third kappa shape index (κ3) is 14.5. The van der Waals surface area contributed by atoms with E-state index in [0.29, 0.717) is 11.3 Å². The summed E-state index contributed by atoms with van der Waals surface area (Å²) in [5.74, 6) is 0. The lowest BCUT2D eigenvalue weighted by Gasteiger charge is -2.43. The topological polar surface area (TPSA) is 18.5 Å². The lowest BCUT2D eigenvalue weighted by atomic mass is 10.1. The van der Waals surface area contributed by atoms with Crippen molar-refractivity contribution in [2.24, 2.45) is 0 Å². The van der Waals surface area contributed by atoms with Crippen LogP contribution in [-0.2, 0) is 8.85 Å². The predicted octanol–water partition coefficient (Wildman–Crippen LogP) is 7.45. The van der Waals surface area contributed by atoms with Crippen molar-refractivity contribution in [2.75, 3.05) is 0 Å². The van der Waals surface area contributed by atoms with Crippen LogP contribution >= 0.6 is 0 Å². The largest absolute Gasteiger partial charge is 0.418 e. The molecule has 2 nitrogen and oxygen atoms in total. The van der Waals surface area contributed by atoms with Gasteiger partial charge in [-0.1, -0.05) is 46.2 Å². The summed E-state index contributed by atoms with van der Waals surface area (Å²) in [5, 5.41) is 0. The summed E-state index contributed by atoms with van der Waals surface area (Å²) in [6.07, 6.45) is 0. The van der Waals surface area contributed by atoms with Crippen LogP contribution in [0.3, 0.4) is 0 Å². The highest BCUT2D eigenvalue weighted by atomic mass is 28.4. The molecule has 0 fully saturated rings. The van der Waals surface area contributed by atoms with E-state index in [1.165, 1.54) is 0 Å². The second kappa shape index (κ2) is 9.32. The van der Waals surface area contributed by atoms with Gasteiger partial charge in [-0.3, -0.25) is 0 Å². The molecular weight excluding hydrogens is 373 g/mol. The zero-order valence-electron chi connectivity index (χ0n) is 20.5. The molecule has 0 heterocycles. The number of hydrogen-bond acceptors (Lipinski definition) is 2. The maximum absolute atomic E-state index is 6.29. The van der Waals surface area contributed by atoms with Crippen molar-refractivity contribution in [3.8, 4) is 0 Å². The summed E-state index contributed by atoms with van der Waals surface area (Å²) >= 11 is 0. The minimum atomic E-state index is -1.41. The van der Waals surface area contributed by atoms with Crippen LogP contribution in [0.5, 0.6) is 0 Å². The Balaban J connectivity index is 0. The Kier molecular flexibility index (Phi) is 10.4. The van der Waals surface area contributed by atoms with Gasteiger partial charge >= 0.3 is 0 Å². The quantitative estimate of drug-likeness (QED) is 0.396. The van der Waals surface area contributed by atoms with Crippen LogP contribution in [0, 0.1) is 0 Å². The highest BCUT2D eigenvalue weighted by Crippen LogP contribution is 2.36. The molecule has 0 bridgehead atoms. The first-order chi connectivity index (χ1) is 10.5. The maximum Gasteiger partial charge on any atom is 0.184 e. The zero-order valence-corrected chi connectivity index (χ0v) is 24.5. The van der Waals surface area contributed by atoms with Crippen molar-refractivity contribution >= 4 is 32.8 Å². The van der Waals surface area contributed by atoms with E-state index < -0.39 is 32.8 Å². The van der Waals surface area contributed by atoms with Crippen LogP contribution in [0.1, 0.15) is 27.7 Å². The van der Waals surface area contributed by atoms with Gasteiger partial charge in [0, 0.05) is 5.73 Å². The molecule has 0 aromatic rings. The molecule has 0 N–H and O–H groups in total. The van der Waals surface area contributed by atoms with E-state index in [1.807, 2.05) is 0 Å². The van der Waals surface area contributed by atoms with Gasteiger partial charge < -0.3 is 8.85 Å². The summed E-state index contributed by atoms with van der Waals surface area (Å²) < 4.78 is 12.3. The van der Waals surface area contributed by atoms with Crippen molar-refractivity contribution in [2.45, 2.75) is 123 Å². The van der Waals surface area contributed by atoms with Gasteiger partial charge in [0.25, 0.3) is 0 Å². The lowest BCUT2D eigenvalue weighted by molar-refractivity contribution is 0.0946. The van der Waals surface area contributed by atoms with E-state index in [4.69, 9.17) is 8.85 Å². The third-order valence-electron chi connectivity index (χ3n) is 4.66. The van der Waals surface area contributed by atoms with E-state index in [9.17, 15) is 0 Å². The van der Waals surface area contributed by atoms with Gasteiger partial charge in [0.2, 0.25) is 0 Å². The van der Waals surface area contributed by atoms with Crippen LogP contribution < -0.4 is 0 Å². The Labute approximate surface area is 164 Å². The Morgan fingerprint density at radius 3 is 1.12 bits per heavy atom. The summed E-state index contributed by atoms with van der Waals surface area (Å²) in [7, 11) is -4.86. The second-order valence-electron chi connectivity index (χ2n) is 12.1. The molecule has 2 unspecified atom stereocenters. The molecule has 0 aliphatic heterocycles. The van der Waals surface area contributed by atoms with Crippen molar-refractivity contribution in [3.05, 3.63) is 0 Å². The summed E-state index contributed by atoms with van der Waals surface area (Å²) in [5.41, 5.74) is 1.26. The first-order valence-corrected chi connectivity index (χ1v) is 23.8. The normalized spacial score (nSPS) is 16.8. The van der Waals surface area contributed by atoms with Gasteiger partial charge in [-0.25, -0.2) is 0 Å². The van der Waals surface area contributed by atoms with Crippen molar-refractivity contribution in [1.29, 1.82) is 0 Å². The molecule has 0 amide bonds. The van der Waals surface area contributed by atoms with E-state index in [0.717, 1.165) is 0 Å². The van der Waals surface area contributed by atoms with E-state index in [-0.39, 0.29) is 5.60 Å². The molecular formula is C19H50O2Si4. The SMILES string of the molecule is CC(C(C)(C)O[Si](C)(C)C)[Si](C)(C)C.CC(O[Si](C)(C)C)[Si](C)(C)C. The summed E-state index contributed by atoms with van der Waals surface area (Å²) in [4.78, 5) is 0. The van der Waals surface area contributed by atoms with Crippen molar-refractivity contribution in [3.63, 3.8) is 0 Å². The molecule has 0 aromatic heterocycles. The zero-order chi connectivity index (χ0) is 21.1. The second-order valence-corrected chi connectivity index (χ2v) is 32.2. The molecule has 0 saturated carbocycles. The number of rotatable bonds is 7. The molecule has 0 aromatic carbocycles. The molecule has 154 valence electrons. The first-order valence-electron chi connectivity index (χ1n) is 9.87. The lowest BCUT2D eigenvalue weighted by Crippen LogP contribution is -2.47. The highest BCUT2D eigenvalue weighted by Gasteiger charge is 2.39. The van der Waals surface area contributed by atoms with Gasteiger partial charge in [-0.05, 0) is 65.6 Å². The average molecular weight is 423 g/mol. The monoisotopic (exact) mass is 422 g/mol. The van der Waals surface area contributed by atoms with Gasteiger partial charge in [0.05, 0.1) is 21.7 Å². The van der Waals surface area contributed by atoms with E-state index in [2.05, 4.69) is 106 Å². The smallest absolute Gasteiger partial charge is 0.184 e. The molecule has 0 aliphatic rings. The fraction of sp³-hybridized carbons (Fsp3) is 1.00. The van der Waals surface area contributed by atoms with Gasteiger partial charge in [-0.15, -0.1) is 0 Å². The molecule has 0 spiro atoms. The molecule has 0 rings (SSSR count). The highest BCUT2D eigenvalue weighted by molar-refractivity contribution is 6.79. The standard InChI is InChI=1S/C11H28OSi2.C8H22OSi2/c1-10(13(4,5)6)11(2,3)12-14(7,8)9;1-8(10(2,3)4)9-11(5,6)7/h10H,1-9H3;8H,1-7H3. The van der Waals surface area contributed by atoms with E-state index in [1.54, 1.807) is 0 Å². The van der Waals surface area contributed by atoms with Gasteiger partial charge in [0.15, 0.2) is 16.6 Å². The molecule has 2 atom stereocenters. The minimum absolute atomic E-state index is 0.0505. The molecule has 0 saturated heterocycles. The van der Waals surface area contributed by atoms with Crippen LogP contribution in [0.4, 0.5) is 0 Å². The van der Waals surface area contributed by atoms with Gasteiger partial charge in [-0.2, -0.15) is 0 Å². The van der Waals surface area contributed by atoms with Crippen LogP contribution in [0.25, 0.3) is 0 Å². The fourth-order valence-electron chi connectivity index (χ4n) is 2.63. The average Bonchev–Trinajstić information content (AvgIpc) is 2.20. The molecule has 6 heteroatoms. The van der Waals surface area contributed by atoms with Crippen molar-refractivity contribution < 1.29 is 8.85 Å². The van der Waals surface area contributed by atoms with Crippen LogP contribution in [0.2, 0.25) is 84.1 Å².